The van der Waals surface area contributed by atoms with Gasteiger partial charge in [0.25, 0.3) is 17.7 Å². The summed E-state index contributed by atoms with van der Waals surface area (Å²) >= 11 is 0. The summed E-state index contributed by atoms with van der Waals surface area (Å²) in [6.45, 7) is 0.119. The van der Waals surface area contributed by atoms with Gasteiger partial charge in [-0.15, -0.1) is 0 Å². The maximum Gasteiger partial charge on any atom is 0.323 e. The Hall–Kier alpha value is -7.30. The molecule has 1 atom stereocenters. The first-order chi connectivity index (χ1) is 26.5. The van der Waals surface area contributed by atoms with Crippen LogP contribution in [0.3, 0.4) is 0 Å². The minimum atomic E-state index is -1.12. The molecule has 55 heavy (non-hydrogen) atoms. The number of piperidine rings is 1. The molecule has 0 bridgehead atoms. The van der Waals surface area contributed by atoms with Crippen molar-refractivity contribution in [3.05, 3.63) is 96.2 Å². The van der Waals surface area contributed by atoms with Gasteiger partial charge < -0.3 is 36.3 Å². The normalized spacial score (nSPS) is 15.1. The predicted molar refractivity (Wildman–Crippen MR) is 199 cm³/mol. The van der Waals surface area contributed by atoms with E-state index in [0.717, 1.165) is 28.0 Å². The molecule has 6 rings (SSSR count). The standard InChI is InChI=1S/C38H36N8O9/c47-30(14-15-31(48)42-23-8-10-24(11-9-23)43-38(54)44-25-7-6-22-16-19-39-27(22)20-25)40-17-1-2-18-41-33(50)21-55-29-5-3-4-26-34(29)37(53)46(36(26)52)28-12-13-32(49)45-35(28)51/h3-11,14-16,19-20,28,39H,1-2,12-13,17-18,21H2,(H,40,47)(H,41,50)(H,42,48)(H2,43,44,54)(H,45,49,51)/b15-14+. The molecule has 3 aromatic carbocycles. The van der Waals surface area contributed by atoms with E-state index in [4.69, 9.17) is 4.74 Å². The second-order valence-electron chi connectivity index (χ2n) is 12.5. The molecule has 9 amide bonds. The second-order valence-corrected chi connectivity index (χ2v) is 12.5. The molecule has 0 aliphatic carbocycles. The highest BCUT2D eigenvalue weighted by atomic mass is 16.5. The third kappa shape index (κ3) is 9.39. The molecule has 0 radical (unpaired) electrons. The lowest BCUT2D eigenvalue weighted by Gasteiger charge is -2.27. The van der Waals surface area contributed by atoms with Gasteiger partial charge in [-0.2, -0.15) is 0 Å². The van der Waals surface area contributed by atoms with Crippen molar-refractivity contribution in [2.24, 2.45) is 0 Å². The number of rotatable bonds is 14. The van der Waals surface area contributed by atoms with Gasteiger partial charge in [0, 0.05) is 60.4 Å². The van der Waals surface area contributed by atoms with Gasteiger partial charge in [0.15, 0.2) is 6.61 Å². The van der Waals surface area contributed by atoms with Crippen LogP contribution in [0.15, 0.2) is 85.1 Å². The fraction of sp³-hybridized carbons (Fsp3) is 0.211. The van der Waals surface area contributed by atoms with Crippen LogP contribution in [-0.4, -0.2) is 83.0 Å². The van der Waals surface area contributed by atoms with E-state index in [1.54, 1.807) is 30.3 Å². The number of urea groups is 1. The van der Waals surface area contributed by atoms with Crippen LogP contribution in [0.5, 0.6) is 5.75 Å². The molecule has 0 spiro atoms. The van der Waals surface area contributed by atoms with Crippen molar-refractivity contribution in [1.29, 1.82) is 0 Å². The Kier molecular flexibility index (Phi) is 11.6. The number of carbonyl (C=O) groups is 8. The number of H-pyrrole nitrogens is 1. The number of nitrogens with zero attached hydrogens (tertiary/aromatic N) is 1. The number of hydrogen-bond donors (Lipinski definition) is 7. The first-order valence-electron chi connectivity index (χ1n) is 17.3. The van der Waals surface area contributed by atoms with Gasteiger partial charge in [0.05, 0.1) is 11.1 Å². The van der Waals surface area contributed by atoms with Crippen molar-refractivity contribution < 1.29 is 43.1 Å². The van der Waals surface area contributed by atoms with Crippen LogP contribution in [0.1, 0.15) is 46.4 Å². The summed E-state index contributed by atoms with van der Waals surface area (Å²) in [5.74, 6) is -4.10. The summed E-state index contributed by atoms with van der Waals surface area (Å²) in [6, 6.07) is 16.7. The monoisotopic (exact) mass is 748 g/mol. The average Bonchev–Trinajstić information content (AvgIpc) is 3.73. The van der Waals surface area contributed by atoms with E-state index in [2.05, 4.69) is 36.9 Å². The highest BCUT2D eigenvalue weighted by Gasteiger charge is 2.46. The third-order valence-corrected chi connectivity index (χ3v) is 8.62. The number of imide groups is 2. The number of aromatic amines is 1. The molecule has 1 unspecified atom stereocenters. The van der Waals surface area contributed by atoms with Crippen molar-refractivity contribution >= 4 is 75.3 Å². The molecule has 1 saturated heterocycles. The number of hydrogen-bond acceptors (Lipinski definition) is 9. The molecule has 1 fully saturated rings. The summed E-state index contributed by atoms with van der Waals surface area (Å²) in [4.78, 5) is 103. The van der Waals surface area contributed by atoms with Crippen molar-refractivity contribution in [2.75, 3.05) is 35.6 Å². The summed E-state index contributed by atoms with van der Waals surface area (Å²) in [5, 5.41) is 16.6. The Morgan fingerprint density at radius 3 is 2.24 bits per heavy atom. The van der Waals surface area contributed by atoms with Crippen molar-refractivity contribution in [3.8, 4) is 5.75 Å². The Morgan fingerprint density at radius 1 is 0.782 bits per heavy atom. The molecule has 4 aromatic rings. The van der Waals surface area contributed by atoms with Gasteiger partial charge in [-0.1, -0.05) is 12.1 Å². The summed E-state index contributed by atoms with van der Waals surface area (Å²) in [7, 11) is 0. The van der Waals surface area contributed by atoms with E-state index in [0.29, 0.717) is 29.9 Å². The largest absolute Gasteiger partial charge is 0.483 e. The first kappa shape index (κ1) is 37.5. The quantitative estimate of drug-likeness (QED) is 0.0570. The number of fused-ring (bicyclic) bond motifs is 2. The highest BCUT2D eigenvalue weighted by molar-refractivity contribution is 6.24. The van der Waals surface area contributed by atoms with E-state index in [9.17, 15) is 38.4 Å². The second kappa shape index (κ2) is 17.0. The molecule has 17 nitrogen and oxygen atoms in total. The van der Waals surface area contributed by atoms with Crippen LogP contribution in [0, 0.1) is 0 Å². The Bertz CT molecular complexity index is 2210. The van der Waals surface area contributed by atoms with Gasteiger partial charge in [-0.25, -0.2) is 4.79 Å². The highest BCUT2D eigenvalue weighted by Crippen LogP contribution is 2.33. The average molecular weight is 749 g/mol. The first-order valence-corrected chi connectivity index (χ1v) is 17.3. The number of anilines is 3. The lowest BCUT2D eigenvalue weighted by molar-refractivity contribution is -0.136. The van der Waals surface area contributed by atoms with E-state index >= 15 is 0 Å². The molecule has 3 heterocycles. The van der Waals surface area contributed by atoms with Gasteiger partial charge in [-0.05, 0) is 79.2 Å². The molecule has 282 valence electrons. The topological polar surface area (TPSA) is 237 Å². The number of amides is 9. The molecular formula is C38H36N8O9. The lowest BCUT2D eigenvalue weighted by atomic mass is 10.0. The van der Waals surface area contributed by atoms with Crippen molar-refractivity contribution in [3.63, 3.8) is 0 Å². The number of aromatic nitrogens is 1. The zero-order valence-corrected chi connectivity index (χ0v) is 29.2. The Morgan fingerprint density at radius 2 is 1.47 bits per heavy atom. The maximum absolute atomic E-state index is 13.2. The van der Waals surface area contributed by atoms with Gasteiger partial charge in [0.1, 0.15) is 11.8 Å². The molecule has 2 aliphatic heterocycles. The maximum atomic E-state index is 13.2. The summed E-state index contributed by atoms with van der Waals surface area (Å²) < 4.78 is 5.57. The minimum absolute atomic E-state index is 0.00889. The molecule has 2 aliphatic rings. The smallest absolute Gasteiger partial charge is 0.323 e. The lowest BCUT2D eigenvalue weighted by Crippen LogP contribution is -2.54. The van der Waals surface area contributed by atoms with Crippen LogP contribution in [0.2, 0.25) is 0 Å². The molecule has 1 aromatic heterocycles. The van der Waals surface area contributed by atoms with Gasteiger partial charge in [-0.3, -0.25) is 43.8 Å². The Labute approximate surface area is 313 Å². The van der Waals surface area contributed by atoms with E-state index < -0.39 is 60.0 Å². The third-order valence-electron chi connectivity index (χ3n) is 8.62. The molecule has 7 N–H and O–H groups in total. The fourth-order valence-corrected chi connectivity index (χ4v) is 5.94. The van der Waals surface area contributed by atoms with Gasteiger partial charge in [0.2, 0.25) is 23.6 Å². The predicted octanol–water partition coefficient (Wildman–Crippen LogP) is 2.80. The molecular weight excluding hydrogens is 712 g/mol. The SMILES string of the molecule is O=C(/C=C/C(=O)Nc1ccc(NC(=O)Nc2ccc3cc[nH]c3c2)cc1)NCCCCNC(=O)COc1cccc2c1C(=O)N(C1CCC(=O)NC1=O)C2=O. The Balaban J connectivity index is 0.843. The van der Waals surface area contributed by atoms with E-state index in [-0.39, 0.29) is 42.8 Å². The van der Waals surface area contributed by atoms with Crippen LogP contribution in [0.25, 0.3) is 10.9 Å². The van der Waals surface area contributed by atoms with Crippen LogP contribution in [0.4, 0.5) is 21.9 Å². The number of nitrogens with one attached hydrogen (secondary N) is 7. The number of ether oxygens (including phenoxy) is 1. The van der Waals surface area contributed by atoms with E-state index in [1.165, 1.54) is 18.2 Å². The number of benzene rings is 3. The fourth-order valence-electron chi connectivity index (χ4n) is 5.94. The van der Waals surface area contributed by atoms with Crippen molar-refractivity contribution in [1.82, 2.24) is 25.8 Å². The van der Waals surface area contributed by atoms with E-state index in [1.807, 2.05) is 24.4 Å². The minimum Gasteiger partial charge on any atom is -0.483 e. The number of carbonyl (C=O) groups excluding carboxylic acids is 8. The molecule has 0 saturated carbocycles. The van der Waals surface area contributed by atoms with Crippen LogP contribution >= 0.6 is 0 Å². The number of unbranched alkanes of at least 4 members (excludes halogenated alkanes) is 1. The molecule has 17 heteroatoms. The van der Waals surface area contributed by atoms with Crippen LogP contribution < -0.4 is 36.6 Å². The van der Waals surface area contributed by atoms with Crippen LogP contribution in [-0.2, 0) is 24.0 Å². The summed E-state index contributed by atoms with van der Waals surface area (Å²) in [5.41, 5.74) is 2.46. The zero-order chi connectivity index (χ0) is 38.9. The van der Waals surface area contributed by atoms with Crippen molar-refractivity contribution in [2.45, 2.75) is 31.7 Å². The zero-order valence-electron chi connectivity index (χ0n) is 29.2. The summed E-state index contributed by atoms with van der Waals surface area (Å²) in [6.07, 6.45) is 5.05. The van der Waals surface area contributed by atoms with Gasteiger partial charge >= 0.3 is 6.03 Å².